The van der Waals surface area contributed by atoms with Crippen molar-refractivity contribution < 1.29 is 28.5 Å². The van der Waals surface area contributed by atoms with Crippen LogP contribution in [0.5, 0.6) is 0 Å². The first kappa shape index (κ1) is 28.4. The van der Waals surface area contributed by atoms with Crippen molar-refractivity contribution in [1.82, 2.24) is 9.80 Å². The maximum atomic E-state index is 12.4. The van der Waals surface area contributed by atoms with Crippen molar-refractivity contribution in [2.75, 3.05) is 26.2 Å². The van der Waals surface area contributed by atoms with Crippen LogP contribution in [-0.2, 0) is 32.2 Å². The minimum absolute atomic E-state index is 0.201. The molecule has 0 spiro atoms. The minimum atomic E-state index is -0.241. The smallest absolute Gasteiger partial charge is 0.410 e. The van der Waals surface area contributed by atoms with E-state index in [0.29, 0.717) is 39.4 Å². The van der Waals surface area contributed by atoms with Crippen LogP contribution in [-0.4, -0.2) is 72.6 Å². The van der Waals surface area contributed by atoms with Gasteiger partial charge in [-0.05, 0) is 62.5 Å². The summed E-state index contributed by atoms with van der Waals surface area (Å²) in [7, 11) is 0. The van der Waals surface area contributed by atoms with Crippen LogP contribution in [0.1, 0.15) is 62.5 Å². The van der Waals surface area contributed by atoms with Crippen LogP contribution in [0, 0.1) is 0 Å². The Morgan fingerprint density at radius 1 is 0.525 bits per heavy atom. The molecule has 0 unspecified atom stereocenters. The van der Waals surface area contributed by atoms with Gasteiger partial charge in [-0.1, -0.05) is 60.7 Å². The molecule has 0 aromatic heterocycles. The molecular formula is C32H42N2O6. The van der Waals surface area contributed by atoms with Gasteiger partial charge in [-0.15, -0.1) is 0 Å². The van der Waals surface area contributed by atoms with Gasteiger partial charge < -0.3 is 28.7 Å². The number of carbonyl (C=O) groups excluding carboxylic acids is 2. The first-order valence-electron chi connectivity index (χ1n) is 14.8. The molecule has 2 saturated heterocycles. The maximum absolute atomic E-state index is 12.4. The van der Waals surface area contributed by atoms with E-state index in [-0.39, 0.29) is 36.6 Å². The Balaban J connectivity index is 0.925. The molecule has 0 radical (unpaired) electrons. The van der Waals surface area contributed by atoms with Gasteiger partial charge in [0, 0.05) is 26.2 Å². The van der Waals surface area contributed by atoms with E-state index in [0.717, 1.165) is 62.5 Å². The third-order valence-electron chi connectivity index (χ3n) is 8.20. The van der Waals surface area contributed by atoms with Crippen LogP contribution >= 0.6 is 0 Å². The Kier molecular flexibility index (Phi) is 10.3. The summed E-state index contributed by atoms with van der Waals surface area (Å²) >= 11 is 0. The average molecular weight is 551 g/mol. The number of ether oxygens (including phenoxy) is 4. The summed E-state index contributed by atoms with van der Waals surface area (Å²) in [5.74, 6) is 0. The van der Waals surface area contributed by atoms with Crippen LogP contribution in [0.15, 0.2) is 60.7 Å². The van der Waals surface area contributed by atoms with Gasteiger partial charge in [-0.3, -0.25) is 0 Å². The third-order valence-corrected chi connectivity index (χ3v) is 8.20. The Bertz CT molecular complexity index is 958. The molecule has 0 N–H and O–H groups in total. The second-order valence-electron chi connectivity index (χ2n) is 11.1. The fourth-order valence-electron chi connectivity index (χ4n) is 5.82. The lowest BCUT2D eigenvalue weighted by molar-refractivity contribution is -0.0977. The molecule has 2 aromatic carbocycles. The molecular weight excluding hydrogens is 508 g/mol. The van der Waals surface area contributed by atoms with E-state index < -0.39 is 0 Å². The van der Waals surface area contributed by atoms with Crippen molar-refractivity contribution in [2.24, 2.45) is 0 Å². The highest BCUT2D eigenvalue weighted by Crippen LogP contribution is 2.29. The standard InChI is InChI=1S/C32H42N2O6/c35-31(37-23-25-7-3-1-4-8-25)33-19-15-29(16-20-33)39-27-11-13-28(14-12-27)40-30-17-21-34(22-18-30)32(36)38-24-26-9-5-2-6-10-26/h1-10,27-30H,11-24H2. The fourth-order valence-corrected chi connectivity index (χ4v) is 5.82. The van der Waals surface area contributed by atoms with Crippen LogP contribution < -0.4 is 0 Å². The van der Waals surface area contributed by atoms with Crippen LogP contribution in [0.4, 0.5) is 9.59 Å². The van der Waals surface area contributed by atoms with Crippen molar-refractivity contribution in [2.45, 2.75) is 89.0 Å². The van der Waals surface area contributed by atoms with Crippen molar-refractivity contribution in [3.05, 3.63) is 71.8 Å². The Labute approximate surface area is 237 Å². The lowest BCUT2D eigenvalue weighted by Gasteiger charge is -2.37. The van der Waals surface area contributed by atoms with Crippen molar-refractivity contribution in [1.29, 1.82) is 0 Å². The van der Waals surface area contributed by atoms with Gasteiger partial charge in [0.25, 0.3) is 0 Å². The van der Waals surface area contributed by atoms with Crippen LogP contribution in [0.3, 0.4) is 0 Å². The predicted octanol–water partition coefficient (Wildman–Crippen LogP) is 5.93. The number of hydrogen-bond acceptors (Lipinski definition) is 6. The number of rotatable bonds is 8. The Hall–Kier alpha value is -3.10. The van der Waals surface area contributed by atoms with Crippen LogP contribution in [0.2, 0.25) is 0 Å². The maximum Gasteiger partial charge on any atom is 0.410 e. The molecule has 3 fully saturated rings. The molecule has 8 heteroatoms. The molecule has 2 aliphatic heterocycles. The summed E-state index contributed by atoms with van der Waals surface area (Å²) in [6, 6.07) is 19.5. The lowest BCUT2D eigenvalue weighted by Crippen LogP contribution is -2.43. The number of piperidine rings is 2. The van der Waals surface area contributed by atoms with Gasteiger partial charge in [0.1, 0.15) is 13.2 Å². The largest absolute Gasteiger partial charge is 0.445 e. The second kappa shape index (κ2) is 14.5. The SMILES string of the molecule is O=C(OCc1ccccc1)N1CCC(OC2CCC(OC3CCN(C(=O)OCc4ccccc4)CC3)CC2)CC1. The molecule has 2 amide bonds. The normalized spacial score (nSPS) is 22.6. The molecule has 1 saturated carbocycles. The van der Waals surface area contributed by atoms with Gasteiger partial charge in [-0.25, -0.2) is 9.59 Å². The highest BCUT2D eigenvalue weighted by Gasteiger charge is 2.31. The molecule has 2 aromatic rings. The monoisotopic (exact) mass is 550 g/mol. The highest BCUT2D eigenvalue weighted by atomic mass is 16.6. The summed E-state index contributed by atoms with van der Waals surface area (Å²) in [5.41, 5.74) is 2.00. The topological polar surface area (TPSA) is 77.5 Å². The quantitative estimate of drug-likeness (QED) is 0.405. The van der Waals surface area contributed by atoms with Crippen molar-refractivity contribution in [3.63, 3.8) is 0 Å². The first-order chi connectivity index (χ1) is 19.6. The number of hydrogen-bond donors (Lipinski definition) is 0. The van der Waals surface area contributed by atoms with E-state index in [1.165, 1.54) is 0 Å². The molecule has 216 valence electrons. The van der Waals surface area contributed by atoms with Crippen molar-refractivity contribution >= 4 is 12.2 Å². The molecule has 3 aliphatic rings. The van der Waals surface area contributed by atoms with E-state index in [1.807, 2.05) is 60.7 Å². The van der Waals surface area contributed by atoms with Gasteiger partial charge in [0.05, 0.1) is 24.4 Å². The Morgan fingerprint density at radius 2 is 0.850 bits per heavy atom. The number of likely N-dealkylation sites (tertiary alicyclic amines) is 2. The zero-order valence-corrected chi connectivity index (χ0v) is 23.3. The first-order valence-corrected chi connectivity index (χ1v) is 14.8. The fraction of sp³-hybridized carbons (Fsp3) is 0.562. The van der Waals surface area contributed by atoms with E-state index >= 15 is 0 Å². The predicted molar refractivity (Wildman–Crippen MR) is 151 cm³/mol. The summed E-state index contributed by atoms with van der Waals surface area (Å²) in [6.07, 6.45) is 7.89. The molecule has 5 rings (SSSR count). The molecule has 8 nitrogen and oxygen atoms in total. The van der Waals surface area contributed by atoms with Crippen molar-refractivity contribution in [3.8, 4) is 0 Å². The van der Waals surface area contributed by atoms with Gasteiger partial charge in [0.15, 0.2) is 0 Å². The minimum Gasteiger partial charge on any atom is -0.445 e. The van der Waals surface area contributed by atoms with Gasteiger partial charge >= 0.3 is 12.2 Å². The van der Waals surface area contributed by atoms with Gasteiger partial charge in [-0.2, -0.15) is 0 Å². The third kappa shape index (κ3) is 8.45. The molecule has 2 heterocycles. The second-order valence-corrected chi connectivity index (χ2v) is 11.1. The molecule has 40 heavy (non-hydrogen) atoms. The van der Waals surface area contributed by atoms with Crippen LogP contribution in [0.25, 0.3) is 0 Å². The summed E-state index contributed by atoms with van der Waals surface area (Å²) in [5, 5.41) is 0. The van der Waals surface area contributed by atoms with E-state index in [9.17, 15) is 9.59 Å². The molecule has 0 bridgehead atoms. The zero-order chi connectivity index (χ0) is 27.6. The number of amides is 2. The summed E-state index contributed by atoms with van der Waals surface area (Å²) in [4.78, 5) is 28.4. The molecule has 0 atom stereocenters. The van der Waals surface area contributed by atoms with Gasteiger partial charge in [0.2, 0.25) is 0 Å². The summed E-state index contributed by atoms with van der Waals surface area (Å²) < 4.78 is 23.8. The number of nitrogens with zero attached hydrogens (tertiary/aromatic N) is 2. The van der Waals surface area contributed by atoms with E-state index in [4.69, 9.17) is 18.9 Å². The zero-order valence-electron chi connectivity index (χ0n) is 23.3. The lowest BCUT2D eigenvalue weighted by atomic mass is 9.94. The van der Waals surface area contributed by atoms with E-state index in [1.54, 1.807) is 9.80 Å². The average Bonchev–Trinajstić information content (AvgIpc) is 3.01. The molecule has 1 aliphatic carbocycles. The Morgan fingerprint density at radius 3 is 1.20 bits per heavy atom. The number of carbonyl (C=O) groups is 2. The summed E-state index contributed by atoms with van der Waals surface area (Å²) in [6.45, 7) is 3.32. The highest BCUT2D eigenvalue weighted by molar-refractivity contribution is 5.68. The number of benzene rings is 2. The van der Waals surface area contributed by atoms with E-state index in [2.05, 4.69) is 0 Å².